The number of nitrogens with one attached hydrogen (secondary N) is 1. The summed E-state index contributed by atoms with van der Waals surface area (Å²) >= 11 is 1.81. The lowest BCUT2D eigenvalue weighted by molar-refractivity contribution is 0.210. The van der Waals surface area contributed by atoms with Gasteiger partial charge in [0, 0.05) is 13.1 Å². The van der Waals surface area contributed by atoms with Gasteiger partial charge in [-0.25, -0.2) is 0 Å². The summed E-state index contributed by atoms with van der Waals surface area (Å²) in [5.41, 5.74) is 1.50. The Bertz CT molecular complexity index is 304. The zero-order valence-corrected chi connectivity index (χ0v) is 12.3. The fourth-order valence-electron chi connectivity index (χ4n) is 2.78. The van der Waals surface area contributed by atoms with E-state index in [2.05, 4.69) is 34.0 Å². The van der Waals surface area contributed by atoms with Crippen molar-refractivity contribution >= 4 is 11.3 Å². The molecule has 2 nitrogen and oxygen atoms in total. The molecule has 1 fully saturated rings. The van der Waals surface area contributed by atoms with Crippen LogP contribution in [0.3, 0.4) is 0 Å². The molecule has 1 unspecified atom stereocenters. The van der Waals surface area contributed by atoms with E-state index in [9.17, 15) is 0 Å². The van der Waals surface area contributed by atoms with Crippen LogP contribution >= 0.6 is 11.3 Å². The highest BCUT2D eigenvalue weighted by Gasteiger charge is 2.16. The van der Waals surface area contributed by atoms with E-state index in [0.717, 1.165) is 5.92 Å². The first-order valence-electron chi connectivity index (χ1n) is 7.32. The average Bonchev–Trinajstić information content (AvgIpc) is 2.91. The number of nitrogens with zero attached hydrogens (tertiary/aromatic N) is 1. The molecule has 1 atom stereocenters. The minimum absolute atomic E-state index is 0.868. The van der Waals surface area contributed by atoms with E-state index in [1.165, 1.54) is 64.0 Å². The predicted molar refractivity (Wildman–Crippen MR) is 80.3 cm³/mol. The van der Waals surface area contributed by atoms with Gasteiger partial charge in [0.15, 0.2) is 0 Å². The van der Waals surface area contributed by atoms with Gasteiger partial charge in [0.25, 0.3) is 0 Å². The maximum Gasteiger partial charge on any atom is 0.00222 e. The van der Waals surface area contributed by atoms with Crippen LogP contribution in [0, 0.1) is 5.92 Å². The zero-order valence-electron chi connectivity index (χ0n) is 11.5. The Labute approximate surface area is 115 Å². The van der Waals surface area contributed by atoms with Crippen molar-refractivity contribution in [1.82, 2.24) is 10.2 Å². The SMILES string of the molecule is CCCN(CCc1ccsc1)CC1CCCNC1. The van der Waals surface area contributed by atoms with E-state index < -0.39 is 0 Å². The molecule has 0 aliphatic carbocycles. The molecule has 0 spiro atoms. The number of rotatable bonds is 7. The van der Waals surface area contributed by atoms with Crippen molar-refractivity contribution in [3.8, 4) is 0 Å². The molecule has 102 valence electrons. The van der Waals surface area contributed by atoms with Crippen LogP contribution in [0.25, 0.3) is 0 Å². The Morgan fingerprint density at radius 2 is 2.39 bits per heavy atom. The Morgan fingerprint density at radius 1 is 1.44 bits per heavy atom. The first kappa shape index (κ1) is 14.0. The average molecular weight is 266 g/mol. The number of hydrogen-bond donors (Lipinski definition) is 1. The Hall–Kier alpha value is -0.380. The quantitative estimate of drug-likeness (QED) is 0.816. The molecular formula is C15H26N2S. The van der Waals surface area contributed by atoms with E-state index in [0.29, 0.717) is 0 Å². The van der Waals surface area contributed by atoms with Gasteiger partial charge in [-0.3, -0.25) is 0 Å². The third-order valence-corrected chi connectivity index (χ3v) is 4.48. The molecule has 1 N–H and O–H groups in total. The van der Waals surface area contributed by atoms with Crippen molar-refractivity contribution in [2.45, 2.75) is 32.6 Å². The molecule has 18 heavy (non-hydrogen) atoms. The molecular weight excluding hydrogens is 240 g/mol. The summed E-state index contributed by atoms with van der Waals surface area (Å²) < 4.78 is 0. The molecule has 1 aliphatic rings. The molecule has 1 saturated heterocycles. The van der Waals surface area contributed by atoms with Gasteiger partial charge in [-0.1, -0.05) is 6.92 Å². The molecule has 0 aromatic carbocycles. The predicted octanol–water partition coefficient (Wildman–Crippen LogP) is 3.00. The molecule has 2 rings (SSSR count). The monoisotopic (exact) mass is 266 g/mol. The maximum absolute atomic E-state index is 3.53. The summed E-state index contributed by atoms with van der Waals surface area (Å²) in [6.07, 6.45) is 5.24. The topological polar surface area (TPSA) is 15.3 Å². The molecule has 3 heteroatoms. The van der Waals surface area contributed by atoms with E-state index in [1.54, 1.807) is 0 Å². The first-order chi connectivity index (χ1) is 8.88. The van der Waals surface area contributed by atoms with E-state index in [4.69, 9.17) is 0 Å². The number of piperidine rings is 1. The molecule has 0 amide bonds. The summed E-state index contributed by atoms with van der Waals surface area (Å²) in [7, 11) is 0. The maximum atomic E-state index is 3.53. The largest absolute Gasteiger partial charge is 0.316 e. The number of thiophene rings is 1. The van der Waals surface area contributed by atoms with E-state index >= 15 is 0 Å². The zero-order chi connectivity index (χ0) is 12.6. The molecule has 1 aliphatic heterocycles. The second-order valence-electron chi connectivity index (χ2n) is 5.39. The molecule has 2 heterocycles. The molecule has 0 radical (unpaired) electrons. The molecule has 0 saturated carbocycles. The third-order valence-electron chi connectivity index (χ3n) is 3.75. The van der Waals surface area contributed by atoms with Gasteiger partial charge < -0.3 is 10.2 Å². The Morgan fingerprint density at radius 3 is 3.06 bits per heavy atom. The van der Waals surface area contributed by atoms with Crippen molar-refractivity contribution in [3.63, 3.8) is 0 Å². The smallest absolute Gasteiger partial charge is 0.00222 e. The van der Waals surface area contributed by atoms with Gasteiger partial charge in [-0.2, -0.15) is 11.3 Å². The van der Waals surface area contributed by atoms with Crippen molar-refractivity contribution < 1.29 is 0 Å². The van der Waals surface area contributed by atoms with Crippen LogP contribution in [-0.4, -0.2) is 37.6 Å². The Balaban J connectivity index is 1.75. The number of hydrogen-bond acceptors (Lipinski definition) is 3. The van der Waals surface area contributed by atoms with E-state index in [1.807, 2.05) is 11.3 Å². The van der Waals surface area contributed by atoms with Crippen molar-refractivity contribution in [3.05, 3.63) is 22.4 Å². The summed E-state index contributed by atoms with van der Waals surface area (Å²) in [5, 5.41) is 8.00. The van der Waals surface area contributed by atoms with Crippen LogP contribution in [0.2, 0.25) is 0 Å². The van der Waals surface area contributed by atoms with Crippen LogP contribution in [0.4, 0.5) is 0 Å². The van der Waals surface area contributed by atoms with Gasteiger partial charge in [0.1, 0.15) is 0 Å². The molecule has 1 aromatic rings. The highest BCUT2D eigenvalue weighted by atomic mass is 32.1. The van der Waals surface area contributed by atoms with Crippen LogP contribution in [0.1, 0.15) is 31.7 Å². The molecule has 1 aromatic heterocycles. The lowest BCUT2D eigenvalue weighted by Gasteiger charge is -2.30. The van der Waals surface area contributed by atoms with Crippen molar-refractivity contribution in [2.75, 3.05) is 32.7 Å². The van der Waals surface area contributed by atoms with Gasteiger partial charge in [0.05, 0.1) is 0 Å². The Kier molecular flexibility index (Phi) is 6.18. The molecule has 0 bridgehead atoms. The second-order valence-corrected chi connectivity index (χ2v) is 6.17. The highest BCUT2D eigenvalue weighted by Crippen LogP contribution is 2.13. The van der Waals surface area contributed by atoms with Crippen LogP contribution in [-0.2, 0) is 6.42 Å². The lowest BCUT2D eigenvalue weighted by atomic mass is 9.99. The summed E-state index contributed by atoms with van der Waals surface area (Å²) in [6, 6.07) is 2.26. The second kappa shape index (κ2) is 7.93. The third kappa shape index (κ3) is 4.71. The van der Waals surface area contributed by atoms with Crippen molar-refractivity contribution in [1.29, 1.82) is 0 Å². The highest BCUT2D eigenvalue weighted by molar-refractivity contribution is 7.07. The summed E-state index contributed by atoms with van der Waals surface area (Å²) in [4.78, 5) is 2.66. The van der Waals surface area contributed by atoms with Crippen LogP contribution in [0.5, 0.6) is 0 Å². The normalized spacial score (nSPS) is 20.4. The van der Waals surface area contributed by atoms with Gasteiger partial charge in [0.2, 0.25) is 0 Å². The minimum atomic E-state index is 0.868. The van der Waals surface area contributed by atoms with Crippen molar-refractivity contribution in [2.24, 2.45) is 5.92 Å². The van der Waals surface area contributed by atoms with Crippen LogP contribution in [0.15, 0.2) is 16.8 Å². The lowest BCUT2D eigenvalue weighted by Crippen LogP contribution is -2.39. The van der Waals surface area contributed by atoms with E-state index in [-0.39, 0.29) is 0 Å². The fraction of sp³-hybridized carbons (Fsp3) is 0.733. The van der Waals surface area contributed by atoms with Gasteiger partial charge in [-0.05, 0) is 73.6 Å². The van der Waals surface area contributed by atoms with Crippen LogP contribution < -0.4 is 5.32 Å². The first-order valence-corrected chi connectivity index (χ1v) is 8.27. The summed E-state index contributed by atoms with van der Waals surface area (Å²) in [5.74, 6) is 0.868. The van der Waals surface area contributed by atoms with Gasteiger partial charge in [-0.15, -0.1) is 0 Å². The van der Waals surface area contributed by atoms with Gasteiger partial charge >= 0.3 is 0 Å². The minimum Gasteiger partial charge on any atom is -0.316 e. The summed E-state index contributed by atoms with van der Waals surface area (Å²) in [6.45, 7) is 8.49. The standard InChI is InChI=1S/C15H26N2S/c1-2-8-17(9-5-14-6-10-18-13-14)12-15-4-3-7-16-11-15/h6,10,13,15-16H,2-5,7-9,11-12H2,1H3. The fourth-order valence-corrected chi connectivity index (χ4v) is 3.48.